The summed E-state index contributed by atoms with van der Waals surface area (Å²) in [6, 6.07) is 8.57. The zero-order valence-corrected chi connectivity index (χ0v) is 23.2. The third-order valence-electron chi connectivity index (χ3n) is 8.96. The Hall–Kier alpha value is -2.14. The molecule has 10 heteroatoms. The van der Waals surface area contributed by atoms with E-state index in [2.05, 4.69) is 22.5 Å². The van der Waals surface area contributed by atoms with E-state index in [4.69, 9.17) is 4.74 Å². The molecule has 5 rings (SSSR count). The fourth-order valence-corrected chi connectivity index (χ4v) is 9.37. The SMILES string of the molecule is CC[C@@H](CO)N1C(=O)[C@@H]2[C@H](C(=O)NCc3ccccc3)[C@]3(C)CCC2(S3)C1C(=O)NCCN1CCOCC1. The van der Waals surface area contributed by atoms with Gasteiger partial charge in [-0.05, 0) is 31.7 Å². The van der Waals surface area contributed by atoms with Crippen LogP contribution in [0.3, 0.4) is 0 Å². The van der Waals surface area contributed by atoms with Crippen LogP contribution in [-0.4, -0.2) is 100 Å². The van der Waals surface area contributed by atoms with Crippen LogP contribution >= 0.6 is 11.8 Å². The van der Waals surface area contributed by atoms with Crippen LogP contribution in [0.5, 0.6) is 0 Å². The quantitative estimate of drug-likeness (QED) is 0.403. The second kappa shape index (κ2) is 11.2. The van der Waals surface area contributed by atoms with Crippen molar-refractivity contribution in [3.05, 3.63) is 35.9 Å². The minimum absolute atomic E-state index is 0.130. The molecule has 1 spiro atoms. The van der Waals surface area contributed by atoms with Crippen molar-refractivity contribution in [1.29, 1.82) is 0 Å². The molecule has 4 saturated heterocycles. The van der Waals surface area contributed by atoms with E-state index >= 15 is 0 Å². The molecule has 0 aromatic heterocycles. The number of aliphatic hydroxyl groups is 1. The number of nitrogens with zero attached hydrogens (tertiary/aromatic N) is 2. The number of benzene rings is 1. The Morgan fingerprint density at radius 2 is 1.89 bits per heavy atom. The van der Waals surface area contributed by atoms with Crippen LogP contribution in [0.4, 0.5) is 0 Å². The molecule has 2 unspecified atom stereocenters. The third-order valence-corrected chi connectivity index (χ3v) is 10.9. The van der Waals surface area contributed by atoms with E-state index in [-0.39, 0.29) is 24.3 Å². The van der Waals surface area contributed by atoms with Crippen LogP contribution in [0.25, 0.3) is 0 Å². The lowest BCUT2D eigenvalue weighted by Gasteiger charge is -2.37. The van der Waals surface area contributed by atoms with Gasteiger partial charge in [0.15, 0.2) is 0 Å². The maximum atomic E-state index is 14.1. The van der Waals surface area contributed by atoms with Gasteiger partial charge in [0.1, 0.15) is 6.04 Å². The first-order chi connectivity index (χ1) is 18.3. The van der Waals surface area contributed by atoms with Crippen molar-refractivity contribution in [3.63, 3.8) is 0 Å². The zero-order valence-electron chi connectivity index (χ0n) is 22.4. The van der Waals surface area contributed by atoms with E-state index in [1.54, 1.807) is 16.7 Å². The highest BCUT2D eigenvalue weighted by molar-refractivity contribution is 8.02. The molecule has 1 aromatic rings. The number of hydrogen-bond acceptors (Lipinski definition) is 7. The van der Waals surface area contributed by atoms with E-state index in [9.17, 15) is 19.5 Å². The molecule has 0 aliphatic carbocycles. The Balaban J connectivity index is 1.38. The molecule has 9 nitrogen and oxygen atoms in total. The fraction of sp³-hybridized carbons (Fsp3) is 0.679. The largest absolute Gasteiger partial charge is 0.394 e. The molecule has 3 N–H and O–H groups in total. The summed E-state index contributed by atoms with van der Waals surface area (Å²) in [5, 5.41) is 16.4. The Labute approximate surface area is 229 Å². The highest BCUT2D eigenvalue weighted by Crippen LogP contribution is 2.71. The molecule has 4 aliphatic heterocycles. The highest BCUT2D eigenvalue weighted by Gasteiger charge is 2.77. The van der Waals surface area contributed by atoms with Gasteiger partial charge in [-0.1, -0.05) is 37.3 Å². The smallest absolute Gasteiger partial charge is 0.244 e. The Morgan fingerprint density at radius 1 is 1.16 bits per heavy atom. The van der Waals surface area contributed by atoms with Gasteiger partial charge < -0.3 is 25.4 Å². The lowest BCUT2D eigenvalue weighted by Crippen LogP contribution is -2.57. The van der Waals surface area contributed by atoms with Crippen LogP contribution in [0, 0.1) is 11.8 Å². The number of ether oxygens (including phenoxy) is 1. The average molecular weight is 545 g/mol. The second-order valence-corrected chi connectivity index (χ2v) is 13.1. The van der Waals surface area contributed by atoms with E-state index in [1.165, 1.54) is 0 Å². The molecule has 4 fully saturated rings. The van der Waals surface area contributed by atoms with Crippen LogP contribution in [0.1, 0.15) is 38.7 Å². The predicted octanol–water partition coefficient (Wildman–Crippen LogP) is 1.00. The standard InChI is InChI=1S/C28H40N4O5S/c1-3-20(18-33)32-23(25(35)29-11-12-31-13-15-37-16-14-31)28-10-9-27(2,38-28)21(22(28)26(32)36)24(34)30-17-19-7-5-4-6-8-19/h4-8,20-23,33H,3,9-18H2,1-2H3,(H,29,35)(H,30,34)/t20-,21+,22-,23?,27-,28?/m0/s1. The predicted molar refractivity (Wildman–Crippen MR) is 145 cm³/mol. The lowest BCUT2D eigenvalue weighted by molar-refractivity contribution is -0.143. The number of likely N-dealkylation sites (tertiary alicyclic amines) is 1. The molecular weight excluding hydrogens is 504 g/mol. The normalized spacial score (nSPS) is 33.3. The summed E-state index contributed by atoms with van der Waals surface area (Å²) in [6.07, 6.45) is 2.01. The van der Waals surface area contributed by atoms with Gasteiger partial charge in [-0.15, -0.1) is 11.8 Å². The molecule has 2 bridgehead atoms. The number of rotatable bonds is 10. The minimum atomic E-state index is -0.708. The van der Waals surface area contributed by atoms with E-state index in [1.807, 2.05) is 37.3 Å². The van der Waals surface area contributed by atoms with Crippen molar-refractivity contribution in [2.24, 2.45) is 11.8 Å². The maximum Gasteiger partial charge on any atom is 0.244 e. The van der Waals surface area contributed by atoms with Crippen molar-refractivity contribution >= 4 is 29.5 Å². The third kappa shape index (κ3) is 4.74. The first-order valence-electron chi connectivity index (χ1n) is 13.9. The molecule has 0 radical (unpaired) electrons. The van der Waals surface area contributed by atoms with Gasteiger partial charge in [0.05, 0.1) is 42.4 Å². The van der Waals surface area contributed by atoms with E-state index in [0.29, 0.717) is 39.1 Å². The molecule has 1 aromatic carbocycles. The number of aliphatic hydroxyl groups excluding tert-OH is 1. The molecule has 208 valence electrons. The van der Waals surface area contributed by atoms with E-state index < -0.39 is 33.4 Å². The average Bonchev–Trinajstić information content (AvgIpc) is 3.50. The fourth-order valence-electron chi connectivity index (χ4n) is 7.02. The zero-order chi connectivity index (χ0) is 26.9. The number of nitrogens with one attached hydrogen (secondary N) is 2. The number of carbonyl (C=O) groups excluding carboxylic acids is 3. The van der Waals surface area contributed by atoms with Gasteiger partial charge in [-0.2, -0.15) is 0 Å². The summed E-state index contributed by atoms with van der Waals surface area (Å²) in [6.45, 7) is 8.45. The van der Waals surface area contributed by atoms with Gasteiger partial charge >= 0.3 is 0 Å². The number of fused-ring (bicyclic) bond motifs is 1. The van der Waals surface area contributed by atoms with Gasteiger partial charge in [0.25, 0.3) is 0 Å². The van der Waals surface area contributed by atoms with Crippen LogP contribution < -0.4 is 10.6 Å². The maximum absolute atomic E-state index is 14.1. The van der Waals surface area contributed by atoms with Crippen LogP contribution in [-0.2, 0) is 25.7 Å². The van der Waals surface area contributed by atoms with Gasteiger partial charge in [-0.25, -0.2) is 0 Å². The summed E-state index contributed by atoms with van der Waals surface area (Å²) in [7, 11) is 0. The highest BCUT2D eigenvalue weighted by atomic mass is 32.2. The van der Waals surface area contributed by atoms with E-state index in [0.717, 1.165) is 31.6 Å². The summed E-state index contributed by atoms with van der Waals surface area (Å²) in [5.74, 6) is -1.59. The Kier molecular flexibility index (Phi) is 8.05. The second-order valence-electron chi connectivity index (χ2n) is 11.2. The van der Waals surface area contributed by atoms with Gasteiger partial charge in [0, 0.05) is 37.5 Å². The van der Waals surface area contributed by atoms with Crippen LogP contribution in [0.2, 0.25) is 0 Å². The molecule has 0 saturated carbocycles. The number of hydrogen-bond donors (Lipinski definition) is 3. The lowest BCUT2D eigenvalue weighted by atomic mass is 9.66. The van der Waals surface area contributed by atoms with Crippen molar-refractivity contribution in [1.82, 2.24) is 20.4 Å². The molecule has 4 aliphatic rings. The van der Waals surface area contributed by atoms with Gasteiger partial charge in [0.2, 0.25) is 17.7 Å². The molecule has 3 amide bonds. The minimum Gasteiger partial charge on any atom is -0.394 e. The number of amides is 3. The van der Waals surface area contributed by atoms with Crippen LogP contribution in [0.15, 0.2) is 30.3 Å². The molecule has 38 heavy (non-hydrogen) atoms. The summed E-state index contributed by atoms with van der Waals surface area (Å²) in [5.41, 5.74) is 1.000. The van der Waals surface area contributed by atoms with Gasteiger partial charge in [-0.3, -0.25) is 19.3 Å². The molecule has 6 atom stereocenters. The molecule has 4 heterocycles. The summed E-state index contributed by atoms with van der Waals surface area (Å²) >= 11 is 1.66. The van der Waals surface area contributed by atoms with Crippen molar-refractivity contribution in [2.45, 2.75) is 61.2 Å². The molecular formula is C28H40N4O5S. The van der Waals surface area contributed by atoms with Crippen molar-refractivity contribution in [3.8, 4) is 0 Å². The topological polar surface area (TPSA) is 111 Å². The monoisotopic (exact) mass is 544 g/mol. The number of thioether (sulfide) groups is 1. The number of morpholine rings is 1. The van der Waals surface area contributed by atoms with Crippen molar-refractivity contribution < 1.29 is 24.2 Å². The first-order valence-corrected chi connectivity index (χ1v) is 14.7. The summed E-state index contributed by atoms with van der Waals surface area (Å²) in [4.78, 5) is 45.5. The Bertz CT molecular complexity index is 1030. The van der Waals surface area contributed by atoms with Crippen molar-refractivity contribution in [2.75, 3.05) is 46.0 Å². The number of carbonyl (C=O) groups is 3. The Morgan fingerprint density at radius 3 is 2.58 bits per heavy atom. The first kappa shape index (κ1) is 27.4. The summed E-state index contributed by atoms with van der Waals surface area (Å²) < 4.78 is 4.32.